The Morgan fingerprint density at radius 1 is 1.64 bits per heavy atom. The van der Waals surface area contributed by atoms with Crippen LogP contribution in [0.15, 0.2) is 0 Å². The standard InChI is InChI=1S/C11H21NO2/c1-4-10(2,9-13)7-12-6-5-11(3,14)8-12/h9,14H,4-8H2,1-3H3. The van der Waals surface area contributed by atoms with Crippen molar-refractivity contribution < 1.29 is 9.90 Å². The number of likely N-dealkylation sites (tertiary alicyclic amines) is 1. The predicted molar refractivity (Wildman–Crippen MR) is 56.1 cm³/mol. The minimum atomic E-state index is -0.558. The third kappa shape index (κ3) is 2.79. The van der Waals surface area contributed by atoms with E-state index in [1.165, 1.54) is 0 Å². The van der Waals surface area contributed by atoms with Gasteiger partial charge in [0.05, 0.1) is 5.60 Å². The molecule has 2 unspecified atom stereocenters. The molecule has 0 bridgehead atoms. The van der Waals surface area contributed by atoms with Gasteiger partial charge in [0.15, 0.2) is 0 Å². The molecular formula is C11H21NO2. The molecule has 0 aromatic carbocycles. The van der Waals surface area contributed by atoms with Crippen LogP contribution in [0.3, 0.4) is 0 Å². The van der Waals surface area contributed by atoms with Gasteiger partial charge in [-0.2, -0.15) is 0 Å². The summed E-state index contributed by atoms with van der Waals surface area (Å²) in [5, 5.41) is 9.78. The SMILES string of the molecule is CCC(C)(C=O)CN1CCC(C)(O)C1. The predicted octanol–water partition coefficient (Wildman–Crippen LogP) is 1.06. The molecular weight excluding hydrogens is 178 g/mol. The van der Waals surface area contributed by atoms with Gasteiger partial charge in [0.25, 0.3) is 0 Å². The summed E-state index contributed by atoms with van der Waals surface area (Å²) in [7, 11) is 0. The molecule has 1 fully saturated rings. The van der Waals surface area contributed by atoms with Crippen molar-refractivity contribution >= 4 is 6.29 Å². The van der Waals surface area contributed by atoms with E-state index in [0.29, 0.717) is 6.54 Å². The number of aliphatic hydroxyl groups is 1. The van der Waals surface area contributed by atoms with Gasteiger partial charge in [-0.05, 0) is 19.8 Å². The second-order valence-electron chi connectivity index (χ2n) is 5.08. The first-order valence-electron chi connectivity index (χ1n) is 5.32. The molecule has 1 aliphatic heterocycles. The Hall–Kier alpha value is -0.410. The van der Waals surface area contributed by atoms with Gasteiger partial charge >= 0.3 is 0 Å². The number of hydrogen-bond donors (Lipinski definition) is 1. The highest BCUT2D eigenvalue weighted by Crippen LogP contribution is 2.26. The van der Waals surface area contributed by atoms with Gasteiger partial charge in [0.1, 0.15) is 6.29 Å². The maximum Gasteiger partial charge on any atom is 0.127 e. The average molecular weight is 199 g/mol. The van der Waals surface area contributed by atoms with Crippen LogP contribution in [0.1, 0.15) is 33.6 Å². The van der Waals surface area contributed by atoms with Crippen LogP contribution >= 0.6 is 0 Å². The molecule has 3 nitrogen and oxygen atoms in total. The number of hydrogen-bond acceptors (Lipinski definition) is 3. The van der Waals surface area contributed by atoms with E-state index in [1.807, 2.05) is 20.8 Å². The van der Waals surface area contributed by atoms with Gasteiger partial charge in [0.2, 0.25) is 0 Å². The zero-order valence-electron chi connectivity index (χ0n) is 9.42. The van der Waals surface area contributed by atoms with Crippen molar-refractivity contribution in [3.63, 3.8) is 0 Å². The maximum absolute atomic E-state index is 10.9. The Morgan fingerprint density at radius 3 is 2.64 bits per heavy atom. The van der Waals surface area contributed by atoms with Crippen LogP contribution < -0.4 is 0 Å². The highest BCUT2D eigenvalue weighted by Gasteiger charge is 2.34. The molecule has 1 heterocycles. The highest BCUT2D eigenvalue weighted by molar-refractivity contribution is 5.58. The van der Waals surface area contributed by atoms with Gasteiger partial charge in [0, 0.05) is 25.0 Å². The van der Waals surface area contributed by atoms with Crippen molar-refractivity contribution in [1.82, 2.24) is 4.90 Å². The molecule has 0 aromatic heterocycles. The van der Waals surface area contributed by atoms with E-state index in [4.69, 9.17) is 0 Å². The van der Waals surface area contributed by atoms with Gasteiger partial charge in [-0.1, -0.05) is 13.8 Å². The first-order valence-corrected chi connectivity index (χ1v) is 5.32. The zero-order chi connectivity index (χ0) is 10.8. The lowest BCUT2D eigenvalue weighted by Gasteiger charge is -2.28. The van der Waals surface area contributed by atoms with E-state index in [9.17, 15) is 9.90 Å². The molecule has 0 radical (unpaired) electrons. The van der Waals surface area contributed by atoms with Crippen molar-refractivity contribution in [3.05, 3.63) is 0 Å². The molecule has 1 aliphatic rings. The second kappa shape index (κ2) is 3.99. The lowest BCUT2D eigenvalue weighted by Crippen LogP contribution is -2.37. The lowest BCUT2D eigenvalue weighted by molar-refractivity contribution is -0.116. The van der Waals surface area contributed by atoms with E-state index >= 15 is 0 Å². The molecule has 1 rings (SSSR count). The van der Waals surface area contributed by atoms with Gasteiger partial charge in [-0.25, -0.2) is 0 Å². The fourth-order valence-corrected chi connectivity index (χ4v) is 1.92. The van der Waals surface area contributed by atoms with Crippen molar-refractivity contribution in [2.45, 2.75) is 39.2 Å². The summed E-state index contributed by atoms with van der Waals surface area (Å²) in [5.41, 5.74) is -0.808. The monoisotopic (exact) mass is 199 g/mol. The number of carbonyl (C=O) groups is 1. The number of rotatable bonds is 4. The molecule has 0 aromatic rings. The third-order valence-corrected chi connectivity index (χ3v) is 3.21. The van der Waals surface area contributed by atoms with Crippen molar-refractivity contribution in [2.24, 2.45) is 5.41 Å². The molecule has 2 atom stereocenters. The fraction of sp³-hybridized carbons (Fsp3) is 0.909. The van der Waals surface area contributed by atoms with Crippen molar-refractivity contribution in [3.8, 4) is 0 Å². The summed E-state index contributed by atoms with van der Waals surface area (Å²) >= 11 is 0. The van der Waals surface area contributed by atoms with Crippen molar-refractivity contribution in [2.75, 3.05) is 19.6 Å². The number of nitrogens with zero attached hydrogens (tertiary/aromatic N) is 1. The van der Waals surface area contributed by atoms with Crippen LogP contribution in [0, 0.1) is 5.41 Å². The van der Waals surface area contributed by atoms with Crippen LogP contribution in [-0.2, 0) is 4.79 Å². The Bertz CT molecular complexity index is 215. The van der Waals surface area contributed by atoms with Crippen LogP contribution in [0.4, 0.5) is 0 Å². The third-order valence-electron chi connectivity index (χ3n) is 3.21. The summed E-state index contributed by atoms with van der Waals surface area (Å²) in [6.45, 7) is 8.23. The zero-order valence-corrected chi connectivity index (χ0v) is 9.42. The van der Waals surface area contributed by atoms with E-state index in [2.05, 4.69) is 4.90 Å². The van der Waals surface area contributed by atoms with Gasteiger partial charge < -0.3 is 9.90 Å². The first kappa shape index (κ1) is 11.7. The fourth-order valence-electron chi connectivity index (χ4n) is 1.92. The molecule has 14 heavy (non-hydrogen) atoms. The summed E-state index contributed by atoms with van der Waals surface area (Å²) in [6, 6.07) is 0. The summed E-state index contributed by atoms with van der Waals surface area (Å²) in [6.07, 6.45) is 2.71. The molecule has 0 saturated carbocycles. The van der Waals surface area contributed by atoms with E-state index < -0.39 is 5.60 Å². The molecule has 1 saturated heterocycles. The quantitative estimate of drug-likeness (QED) is 0.688. The summed E-state index contributed by atoms with van der Waals surface area (Å²) in [4.78, 5) is 13.1. The van der Waals surface area contributed by atoms with Crippen molar-refractivity contribution in [1.29, 1.82) is 0 Å². The smallest absolute Gasteiger partial charge is 0.127 e. The summed E-state index contributed by atoms with van der Waals surface area (Å²) < 4.78 is 0. The van der Waals surface area contributed by atoms with Crippen LogP contribution in [-0.4, -0.2) is 41.5 Å². The highest BCUT2D eigenvalue weighted by atomic mass is 16.3. The Balaban J connectivity index is 2.50. The molecule has 82 valence electrons. The topological polar surface area (TPSA) is 40.5 Å². The largest absolute Gasteiger partial charge is 0.389 e. The summed E-state index contributed by atoms with van der Waals surface area (Å²) in [5.74, 6) is 0. The first-order chi connectivity index (χ1) is 6.41. The van der Waals surface area contributed by atoms with Crippen LogP contribution in [0.5, 0.6) is 0 Å². The van der Waals surface area contributed by atoms with Gasteiger partial charge in [-0.3, -0.25) is 4.90 Å². The molecule has 0 spiro atoms. The van der Waals surface area contributed by atoms with Crippen LogP contribution in [0.25, 0.3) is 0 Å². The van der Waals surface area contributed by atoms with E-state index in [0.717, 1.165) is 32.2 Å². The van der Waals surface area contributed by atoms with Gasteiger partial charge in [-0.15, -0.1) is 0 Å². The number of carbonyl (C=O) groups excluding carboxylic acids is 1. The Morgan fingerprint density at radius 2 is 2.29 bits per heavy atom. The molecule has 0 aliphatic carbocycles. The van der Waals surface area contributed by atoms with E-state index in [1.54, 1.807) is 0 Å². The average Bonchev–Trinajstić information content (AvgIpc) is 2.45. The van der Waals surface area contributed by atoms with E-state index in [-0.39, 0.29) is 5.41 Å². The number of aldehydes is 1. The minimum absolute atomic E-state index is 0.250. The lowest BCUT2D eigenvalue weighted by atomic mass is 9.89. The normalized spacial score (nSPS) is 32.9. The van der Waals surface area contributed by atoms with Crippen LogP contribution in [0.2, 0.25) is 0 Å². The Kier molecular flexibility index (Phi) is 3.32. The maximum atomic E-state index is 10.9. The molecule has 0 amide bonds. The molecule has 3 heteroatoms. The minimum Gasteiger partial charge on any atom is -0.389 e. The number of β-amino-alcohol motifs (C(OH)–C–C–N with tert-alkyl or cyclic N) is 1. The Labute approximate surface area is 86.1 Å². The molecule has 1 N–H and O–H groups in total. The second-order valence-corrected chi connectivity index (χ2v) is 5.08.